The van der Waals surface area contributed by atoms with E-state index in [0.29, 0.717) is 0 Å². The van der Waals surface area contributed by atoms with Gasteiger partial charge in [-0.15, -0.1) is 0 Å². The molecule has 1 aromatic rings. The van der Waals surface area contributed by atoms with Gasteiger partial charge in [0.1, 0.15) is 4.90 Å². The van der Waals surface area contributed by atoms with Gasteiger partial charge in [0.05, 0.1) is 17.2 Å². The van der Waals surface area contributed by atoms with Gasteiger partial charge in [-0.05, 0) is 18.8 Å². The first-order chi connectivity index (χ1) is 9.00. The van der Waals surface area contributed by atoms with Crippen LogP contribution in [0.1, 0.15) is 32.1 Å². The van der Waals surface area contributed by atoms with Crippen LogP contribution in [0.4, 0.5) is 0 Å². The van der Waals surface area contributed by atoms with E-state index in [1.165, 1.54) is 18.8 Å². The van der Waals surface area contributed by atoms with Crippen LogP contribution in [0.3, 0.4) is 0 Å². The summed E-state index contributed by atoms with van der Waals surface area (Å²) < 4.78 is 26.9. The van der Waals surface area contributed by atoms with Gasteiger partial charge in [-0.1, -0.05) is 31.5 Å². The zero-order valence-electron chi connectivity index (χ0n) is 10.5. The summed E-state index contributed by atoms with van der Waals surface area (Å²) in [5.41, 5.74) is 5.71. The Morgan fingerprint density at radius 3 is 2.68 bits per heavy atom. The molecule has 0 aliphatic heterocycles. The Morgan fingerprint density at radius 1 is 1.47 bits per heavy atom. The average Bonchev–Trinajstić information content (AvgIpc) is 2.91. The molecule has 0 aromatic carbocycles. The van der Waals surface area contributed by atoms with Crippen molar-refractivity contribution in [2.75, 3.05) is 0 Å². The highest BCUT2D eigenvalue weighted by atomic mass is 32.2. The van der Waals surface area contributed by atoms with Crippen molar-refractivity contribution in [1.82, 2.24) is 14.9 Å². The maximum absolute atomic E-state index is 12.2. The van der Waals surface area contributed by atoms with Crippen LogP contribution < -0.4 is 10.5 Å². The van der Waals surface area contributed by atoms with Crippen molar-refractivity contribution < 1.29 is 8.42 Å². The molecule has 1 unspecified atom stereocenters. The van der Waals surface area contributed by atoms with Gasteiger partial charge in [-0.25, -0.2) is 13.1 Å². The molecule has 19 heavy (non-hydrogen) atoms. The number of H-pyrrole nitrogens is 1. The maximum atomic E-state index is 12.2. The summed E-state index contributed by atoms with van der Waals surface area (Å²) in [7, 11) is -3.62. The van der Waals surface area contributed by atoms with Crippen LogP contribution >= 0.6 is 12.2 Å². The lowest BCUT2D eigenvalue weighted by molar-refractivity contribution is 0.330. The van der Waals surface area contributed by atoms with Gasteiger partial charge >= 0.3 is 0 Å². The fourth-order valence-electron chi connectivity index (χ4n) is 2.48. The summed E-state index contributed by atoms with van der Waals surface area (Å²) in [6.45, 7) is 0. The Kier molecular flexibility index (Phi) is 4.54. The lowest BCUT2D eigenvalue weighted by atomic mass is 9.84. The quantitative estimate of drug-likeness (QED) is 0.702. The fourth-order valence-corrected chi connectivity index (χ4v) is 3.99. The summed E-state index contributed by atoms with van der Waals surface area (Å²) in [6, 6.07) is -0.477. The van der Waals surface area contributed by atoms with Crippen LogP contribution in [0, 0.1) is 5.92 Å². The molecular formula is C11H18N4O2S2. The molecule has 1 fully saturated rings. The monoisotopic (exact) mass is 302 g/mol. The highest BCUT2D eigenvalue weighted by Crippen LogP contribution is 2.27. The average molecular weight is 302 g/mol. The molecule has 0 bridgehead atoms. The van der Waals surface area contributed by atoms with Crippen LogP contribution in [0.15, 0.2) is 17.3 Å². The van der Waals surface area contributed by atoms with E-state index in [4.69, 9.17) is 18.0 Å². The number of nitrogens with two attached hydrogens (primary N) is 1. The first-order valence-electron chi connectivity index (χ1n) is 6.31. The normalized spacial score (nSPS) is 19.2. The molecule has 0 amide bonds. The zero-order chi connectivity index (χ0) is 13.9. The van der Waals surface area contributed by atoms with Gasteiger partial charge in [-0.3, -0.25) is 5.10 Å². The van der Waals surface area contributed by atoms with Gasteiger partial charge < -0.3 is 5.73 Å². The van der Waals surface area contributed by atoms with Crippen molar-refractivity contribution in [1.29, 1.82) is 0 Å². The van der Waals surface area contributed by atoms with E-state index < -0.39 is 16.1 Å². The lowest BCUT2D eigenvalue weighted by Crippen LogP contribution is -2.48. The van der Waals surface area contributed by atoms with E-state index in [-0.39, 0.29) is 15.8 Å². The summed E-state index contributed by atoms with van der Waals surface area (Å²) in [5.74, 6) is 0.188. The van der Waals surface area contributed by atoms with E-state index >= 15 is 0 Å². The Balaban J connectivity index is 2.15. The summed E-state index contributed by atoms with van der Waals surface area (Å²) >= 11 is 5.02. The standard InChI is InChI=1S/C11H18N4O2S2/c12-11(18)10(8-4-2-1-3-5-8)15-19(16,17)9-6-13-14-7-9/h6-8,10,15H,1-5H2,(H2,12,18)(H,13,14). The van der Waals surface area contributed by atoms with Crippen molar-refractivity contribution in [2.24, 2.45) is 11.7 Å². The minimum absolute atomic E-state index is 0.101. The van der Waals surface area contributed by atoms with Crippen molar-refractivity contribution in [2.45, 2.75) is 43.0 Å². The molecule has 1 aliphatic rings. The number of nitrogens with zero attached hydrogens (tertiary/aromatic N) is 1. The van der Waals surface area contributed by atoms with Crippen LogP contribution in [0.5, 0.6) is 0 Å². The zero-order valence-corrected chi connectivity index (χ0v) is 12.1. The van der Waals surface area contributed by atoms with Crippen LogP contribution in [0.25, 0.3) is 0 Å². The number of hydrogen-bond donors (Lipinski definition) is 3. The molecule has 8 heteroatoms. The van der Waals surface area contributed by atoms with Crippen molar-refractivity contribution >= 4 is 27.2 Å². The molecule has 2 rings (SSSR count). The number of rotatable bonds is 5. The minimum atomic E-state index is -3.62. The minimum Gasteiger partial charge on any atom is -0.392 e. The molecule has 1 heterocycles. The second-order valence-electron chi connectivity index (χ2n) is 4.83. The number of sulfonamides is 1. The molecule has 0 spiro atoms. The van der Waals surface area contributed by atoms with Gasteiger partial charge in [0.2, 0.25) is 10.0 Å². The van der Waals surface area contributed by atoms with E-state index in [2.05, 4.69) is 14.9 Å². The van der Waals surface area contributed by atoms with Crippen LogP contribution in [-0.4, -0.2) is 29.6 Å². The third kappa shape index (κ3) is 3.52. The molecule has 1 atom stereocenters. The van der Waals surface area contributed by atoms with E-state index in [9.17, 15) is 8.42 Å². The van der Waals surface area contributed by atoms with Crippen LogP contribution in [-0.2, 0) is 10.0 Å². The molecule has 1 aromatic heterocycles. The SMILES string of the molecule is NC(=S)C(NS(=O)(=O)c1cn[nH]c1)C1CCCCC1. The maximum Gasteiger partial charge on any atom is 0.244 e. The van der Waals surface area contributed by atoms with Crippen molar-refractivity contribution in [3.05, 3.63) is 12.4 Å². The third-order valence-electron chi connectivity index (χ3n) is 3.49. The number of aromatic amines is 1. The summed E-state index contributed by atoms with van der Waals surface area (Å²) in [5, 5.41) is 6.13. The number of nitrogens with one attached hydrogen (secondary N) is 2. The summed E-state index contributed by atoms with van der Waals surface area (Å²) in [6.07, 6.45) is 7.88. The Bertz CT molecular complexity index is 521. The van der Waals surface area contributed by atoms with Gasteiger partial charge in [-0.2, -0.15) is 5.10 Å². The van der Waals surface area contributed by atoms with Crippen molar-refractivity contribution in [3.63, 3.8) is 0 Å². The molecule has 0 radical (unpaired) electrons. The Hall–Kier alpha value is -0.990. The van der Waals surface area contributed by atoms with Crippen molar-refractivity contribution in [3.8, 4) is 0 Å². The molecule has 106 valence electrons. The first kappa shape index (κ1) is 14.4. The highest BCUT2D eigenvalue weighted by Gasteiger charge is 2.30. The number of aromatic nitrogens is 2. The topological polar surface area (TPSA) is 101 Å². The molecule has 0 saturated heterocycles. The second-order valence-corrected chi connectivity index (χ2v) is 7.02. The van der Waals surface area contributed by atoms with Crippen LogP contribution in [0.2, 0.25) is 0 Å². The largest absolute Gasteiger partial charge is 0.392 e. The van der Waals surface area contributed by atoms with Gasteiger partial charge in [0, 0.05) is 6.20 Å². The third-order valence-corrected chi connectivity index (χ3v) is 5.16. The Labute approximate surface area is 118 Å². The van der Waals surface area contributed by atoms with Gasteiger partial charge in [0.15, 0.2) is 0 Å². The van der Waals surface area contributed by atoms with E-state index in [0.717, 1.165) is 25.7 Å². The molecule has 4 N–H and O–H groups in total. The fraction of sp³-hybridized carbons (Fsp3) is 0.636. The van der Waals surface area contributed by atoms with E-state index in [1.807, 2.05) is 0 Å². The molecule has 1 saturated carbocycles. The van der Waals surface area contributed by atoms with E-state index in [1.54, 1.807) is 0 Å². The number of thiocarbonyl (C=S) groups is 1. The van der Waals surface area contributed by atoms with Gasteiger partial charge in [0.25, 0.3) is 0 Å². The smallest absolute Gasteiger partial charge is 0.244 e. The molecular weight excluding hydrogens is 284 g/mol. The molecule has 1 aliphatic carbocycles. The highest BCUT2D eigenvalue weighted by molar-refractivity contribution is 7.89. The molecule has 6 nitrogen and oxygen atoms in total. The lowest BCUT2D eigenvalue weighted by Gasteiger charge is -2.29. The predicted octanol–water partition coefficient (Wildman–Crippen LogP) is 0.923. The summed E-state index contributed by atoms with van der Waals surface area (Å²) in [4.78, 5) is 0.309. The first-order valence-corrected chi connectivity index (χ1v) is 8.20. The predicted molar refractivity (Wildman–Crippen MR) is 76.1 cm³/mol. The number of hydrogen-bond acceptors (Lipinski definition) is 4. The second kappa shape index (κ2) is 5.98. The Morgan fingerprint density at radius 2 is 2.16 bits per heavy atom.